The second-order valence-corrected chi connectivity index (χ2v) is 4.30. The van der Waals surface area contributed by atoms with Gasteiger partial charge in [0, 0.05) is 28.6 Å². The summed E-state index contributed by atoms with van der Waals surface area (Å²) in [7, 11) is 0. The van der Waals surface area contributed by atoms with Crippen molar-refractivity contribution in [3.05, 3.63) is 20.2 Å². The molecule has 0 rings (SSSR count). The zero-order valence-electron chi connectivity index (χ0n) is 10.4. The van der Waals surface area contributed by atoms with Gasteiger partial charge >= 0.3 is 0 Å². The van der Waals surface area contributed by atoms with Crippen molar-refractivity contribution in [2.24, 2.45) is 5.92 Å². The molecule has 0 bridgehead atoms. The summed E-state index contributed by atoms with van der Waals surface area (Å²) < 4.78 is 0. The lowest BCUT2D eigenvalue weighted by Gasteiger charge is -2.20. The molecule has 1 N–H and O–H groups in total. The van der Waals surface area contributed by atoms with Crippen LogP contribution in [0.3, 0.4) is 0 Å². The highest BCUT2D eigenvalue weighted by atomic mass is 16.6. The van der Waals surface area contributed by atoms with E-state index in [4.69, 9.17) is 0 Å². The maximum absolute atomic E-state index is 10.7. The molecule has 7 nitrogen and oxygen atoms in total. The van der Waals surface area contributed by atoms with E-state index in [2.05, 4.69) is 0 Å². The third kappa shape index (κ3) is 4.64. The molecule has 4 atom stereocenters. The molecule has 0 saturated heterocycles. The summed E-state index contributed by atoms with van der Waals surface area (Å²) in [5, 5.41) is 31.1. The van der Waals surface area contributed by atoms with E-state index in [9.17, 15) is 25.3 Å². The number of nitro groups is 2. The molecule has 0 aliphatic rings. The molecule has 7 heteroatoms. The van der Waals surface area contributed by atoms with E-state index < -0.39 is 23.1 Å². The molecule has 17 heavy (non-hydrogen) atoms. The minimum atomic E-state index is -1.13. The van der Waals surface area contributed by atoms with Crippen LogP contribution in [0.2, 0.25) is 0 Å². The van der Waals surface area contributed by atoms with Gasteiger partial charge in [0.25, 0.3) is 0 Å². The Morgan fingerprint density at radius 1 is 1.06 bits per heavy atom. The van der Waals surface area contributed by atoms with Gasteiger partial charge in [0.2, 0.25) is 12.1 Å². The van der Waals surface area contributed by atoms with Crippen LogP contribution in [0.4, 0.5) is 0 Å². The first-order chi connectivity index (χ1) is 7.84. The van der Waals surface area contributed by atoms with Crippen molar-refractivity contribution in [3.63, 3.8) is 0 Å². The van der Waals surface area contributed by atoms with Crippen molar-refractivity contribution in [2.75, 3.05) is 0 Å². The van der Waals surface area contributed by atoms with E-state index in [1.54, 1.807) is 20.8 Å². The van der Waals surface area contributed by atoms with E-state index in [1.807, 2.05) is 0 Å². The molecule has 0 aliphatic heterocycles. The third-order valence-corrected chi connectivity index (χ3v) is 3.09. The Kier molecular flexibility index (Phi) is 6.64. The van der Waals surface area contributed by atoms with Gasteiger partial charge < -0.3 is 5.11 Å². The maximum atomic E-state index is 10.7. The molecular formula is C10H20N2O5. The molecule has 0 saturated carbocycles. The van der Waals surface area contributed by atoms with Crippen LogP contribution in [-0.2, 0) is 0 Å². The standard InChI is InChI=1S/C10H20N2O5/c1-4-8(11(14)15)7(3)6-10(13)9(5-2)12(16)17/h7-10,13H,4-6H2,1-3H3/t7-,8-,9-,10-/m1/s1. The number of hydrogen-bond acceptors (Lipinski definition) is 5. The molecular weight excluding hydrogens is 228 g/mol. The molecule has 0 aromatic heterocycles. The van der Waals surface area contributed by atoms with Crippen LogP contribution in [0, 0.1) is 26.1 Å². The van der Waals surface area contributed by atoms with Gasteiger partial charge in [-0.05, 0) is 6.42 Å². The minimum absolute atomic E-state index is 0.0823. The number of nitrogens with zero attached hydrogens (tertiary/aromatic N) is 2. The Morgan fingerprint density at radius 2 is 1.47 bits per heavy atom. The first-order valence-electron chi connectivity index (χ1n) is 5.80. The topological polar surface area (TPSA) is 107 Å². The van der Waals surface area contributed by atoms with Gasteiger partial charge in [0.1, 0.15) is 6.10 Å². The molecule has 0 amide bonds. The van der Waals surface area contributed by atoms with Crippen LogP contribution >= 0.6 is 0 Å². The Morgan fingerprint density at radius 3 is 1.76 bits per heavy atom. The van der Waals surface area contributed by atoms with Crippen molar-refractivity contribution in [3.8, 4) is 0 Å². The molecule has 0 unspecified atom stereocenters. The fourth-order valence-electron chi connectivity index (χ4n) is 2.02. The Balaban J connectivity index is 4.50. The van der Waals surface area contributed by atoms with Crippen LogP contribution in [-0.4, -0.2) is 33.1 Å². The largest absolute Gasteiger partial charge is 0.386 e. The normalized spacial score (nSPS) is 18.1. The fraction of sp³-hybridized carbons (Fsp3) is 1.00. The van der Waals surface area contributed by atoms with Crippen LogP contribution in [0.25, 0.3) is 0 Å². The van der Waals surface area contributed by atoms with E-state index in [0.29, 0.717) is 6.42 Å². The zero-order valence-corrected chi connectivity index (χ0v) is 10.4. The number of rotatable bonds is 8. The fourth-order valence-corrected chi connectivity index (χ4v) is 2.02. The summed E-state index contributed by atoms with van der Waals surface area (Å²) in [6, 6.07) is -1.80. The molecule has 0 spiro atoms. The quantitative estimate of drug-likeness (QED) is 0.517. The highest BCUT2D eigenvalue weighted by Gasteiger charge is 2.34. The molecule has 100 valence electrons. The van der Waals surface area contributed by atoms with E-state index in [-0.39, 0.29) is 23.7 Å². The second kappa shape index (κ2) is 7.16. The maximum Gasteiger partial charge on any atom is 0.238 e. The lowest BCUT2D eigenvalue weighted by atomic mass is 9.91. The zero-order chi connectivity index (χ0) is 13.6. The van der Waals surface area contributed by atoms with Crippen molar-refractivity contribution >= 4 is 0 Å². The van der Waals surface area contributed by atoms with Gasteiger partial charge in [-0.1, -0.05) is 20.8 Å². The highest BCUT2D eigenvalue weighted by Crippen LogP contribution is 2.19. The van der Waals surface area contributed by atoms with Gasteiger partial charge in [-0.15, -0.1) is 0 Å². The Bertz CT molecular complexity index is 245. The van der Waals surface area contributed by atoms with Crippen LogP contribution in [0.15, 0.2) is 0 Å². The second-order valence-electron chi connectivity index (χ2n) is 4.30. The van der Waals surface area contributed by atoms with Crippen LogP contribution in [0.5, 0.6) is 0 Å². The van der Waals surface area contributed by atoms with Crippen molar-refractivity contribution in [2.45, 2.75) is 58.2 Å². The van der Waals surface area contributed by atoms with Crippen LogP contribution < -0.4 is 0 Å². The highest BCUT2D eigenvalue weighted by molar-refractivity contribution is 4.73. The summed E-state index contributed by atoms with van der Waals surface area (Å²) in [4.78, 5) is 20.4. The first-order valence-corrected chi connectivity index (χ1v) is 5.80. The predicted molar refractivity (Wildman–Crippen MR) is 61.9 cm³/mol. The van der Waals surface area contributed by atoms with E-state index >= 15 is 0 Å². The molecule has 0 aromatic rings. The van der Waals surface area contributed by atoms with Gasteiger partial charge in [0.05, 0.1) is 0 Å². The average Bonchev–Trinajstić information content (AvgIpc) is 2.17. The SMILES string of the molecule is CC[C@H]([C@H](C)C[C@@H](O)[C@@H](CC)[N+](=O)[O-])[N+](=O)[O-]. The van der Waals surface area contributed by atoms with Crippen molar-refractivity contribution < 1.29 is 15.0 Å². The lowest BCUT2D eigenvalue weighted by molar-refractivity contribution is -0.541. The smallest absolute Gasteiger partial charge is 0.238 e. The molecule has 0 aliphatic carbocycles. The molecule has 0 aromatic carbocycles. The summed E-state index contributed by atoms with van der Waals surface area (Å²) in [5.41, 5.74) is 0. The number of aliphatic hydroxyl groups excluding tert-OH is 1. The predicted octanol–water partition coefficient (Wildman–Crippen LogP) is 1.48. The molecule has 0 fully saturated rings. The summed E-state index contributed by atoms with van der Waals surface area (Å²) in [5.74, 6) is -0.376. The third-order valence-electron chi connectivity index (χ3n) is 3.09. The van der Waals surface area contributed by atoms with Gasteiger partial charge in [-0.25, -0.2) is 0 Å². The lowest BCUT2D eigenvalue weighted by Crippen LogP contribution is -2.37. The van der Waals surface area contributed by atoms with Gasteiger partial charge in [-0.2, -0.15) is 0 Å². The van der Waals surface area contributed by atoms with Gasteiger partial charge in [-0.3, -0.25) is 20.2 Å². The number of aliphatic hydroxyl groups is 1. The first kappa shape index (κ1) is 15.8. The minimum Gasteiger partial charge on any atom is -0.386 e. The van der Waals surface area contributed by atoms with Crippen molar-refractivity contribution in [1.82, 2.24) is 0 Å². The molecule has 0 heterocycles. The van der Waals surface area contributed by atoms with Gasteiger partial charge in [0.15, 0.2) is 0 Å². The molecule has 0 radical (unpaired) electrons. The summed E-state index contributed by atoms with van der Waals surface area (Å²) >= 11 is 0. The average molecular weight is 248 g/mol. The number of hydrogen-bond donors (Lipinski definition) is 1. The Hall–Kier alpha value is -1.24. The van der Waals surface area contributed by atoms with E-state index in [1.165, 1.54) is 0 Å². The van der Waals surface area contributed by atoms with Crippen molar-refractivity contribution in [1.29, 1.82) is 0 Å². The summed E-state index contributed by atoms with van der Waals surface area (Å²) in [6.45, 7) is 4.96. The monoisotopic (exact) mass is 248 g/mol. The van der Waals surface area contributed by atoms with E-state index in [0.717, 1.165) is 0 Å². The summed E-state index contributed by atoms with van der Waals surface area (Å²) in [6.07, 6.45) is -0.468. The Labute approximate surface area is 100 Å². The van der Waals surface area contributed by atoms with Crippen LogP contribution in [0.1, 0.15) is 40.0 Å².